The van der Waals surface area contributed by atoms with E-state index in [0.717, 1.165) is 4.90 Å². The fourth-order valence-electron chi connectivity index (χ4n) is 4.66. The number of carbonyl (C=O) groups excluding carboxylic acids is 5. The maximum Gasteiger partial charge on any atom is 0.326 e. The van der Waals surface area contributed by atoms with Gasteiger partial charge in [-0.15, -0.1) is 0 Å². The number of nitrogens with zero attached hydrogens (tertiary/aromatic N) is 1. The molecule has 0 saturated carbocycles. The van der Waals surface area contributed by atoms with E-state index in [2.05, 4.69) is 21.3 Å². The zero-order valence-corrected chi connectivity index (χ0v) is 34.0. The summed E-state index contributed by atoms with van der Waals surface area (Å²) in [7, 11) is 1.27. The number of amides is 5. The van der Waals surface area contributed by atoms with Gasteiger partial charge in [0.05, 0.1) is 78.6 Å². The molecule has 0 aliphatic heterocycles. The Balaban J connectivity index is 4.72. The second-order valence-corrected chi connectivity index (χ2v) is 13.5. The molecule has 0 aromatic carbocycles. The smallest absolute Gasteiger partial charge is 0.326 e. The molecule has 0 fully saturated rings. The van der Waals surface area contributed by atoms with Crippen molar-refractivity contribution in [2.75, 3.05) is 73.1 Å². The van der Waals surface area contributed by atoms with E-state index >= 15 is 0 Å². The number of carboxylic acids is 2. The maximum absolute atomic E-state index is 13.3. The molecule has 0 bridgehead atoms. The van der Waals surface area contributed by atoms with E-state index in [9.17, 15) is 43.8 Å². The molecular weight excluding hydrogens is 742 g/mol. The largest absolute Gasteiger partial charge is 0.481 e. The standard InChI is InChI=1S/C36H65N5O15/c1-9-23(4)30(38-27(43)10-12-52-14-16-54-18-20-56-21-19-55-17-15-53-13-11-28(44)45)34(48)37-24(5)32(46)40-31(26(7)42)35(49)41(8)25(6)33(47)39-29(22(2)3)36(50)51/h22-26,29-31,42H,9-21H2,1-8H3,(H,37,48)(H,38,43)(H,39,47)(H,40,46)(H,44,45)(H,50,51)/t23-,24-,25-,26+,29-,30-,31-/m0/s1. The maximum atomic E-state index is 13.3. The lowest BCUT2D eigenvalue weighted by Gasteiger charge is -2.31. The molecule has 0 unspecified atom stereocenters. The summed E-state index contributed by atoms with van der Waals surface area (Å²) in [6, 6.07) is -6.04. The van der Waals surface area contributed by atoms with Crippen molar-refractivity contribution in [2.45, 2.75) is 104 Å². The van der Waals surface area contributed by atoms with Gasteiger partial charge in [0, 0.05) is 13.5 Å². The van der Waals surface area contributed by atoms with E-state index in [-0.39, 0.29) is 45.2 Å². The number of carboxylic acid groups (broad SMARTS) is 2. The fraction of sp³-hybridized carbons (Fsp3) is 0.806. The number of ether oxygens (including phenoxy) is 5. The first-order chi connectivity index (χ1) is 26.3. The molecule has 7 N–H and O–H groups in total. The number of likely N-dealkylation sites (N-methyl/N-ethyl adjacent to an activating group) is 1. The minimum Gasteiger partial charge on any atom is -0.481 e. The molecule has 324 valence electrons. The van der Waals surface area contributed by atoms with Crippen molar-refractivity contribution in [3.05, 3.63) is 0 Å². The van der Waals surface area contributed by atoms with Gasteiger partial charge in [-0.25, -0.2) is 4.79 Å². The van der Waals surface area contributed by atoms with Gasteiger partial charge >= 0.3 is 11.9 Å². The lowest BCUT2D eigenvalue weighted by Crippen LogP contribution is -2.61. The molecule has 0 saturated heterocycles. The highest BCUT2D eigenvalue weighted by molar-refractivity contribution is 5.96. The zero-order chi connectivity index (χ0) is 42.8. The number of aliphatic carboxylic acids is 2. The van der Waals surface area contributed by atoms with Gasteiger partial charge in [-0.1, -0.05) is 34.1 Å². The predicted molar refractivity (Wildman–Crippen MR) is 200 cm³/mol. The van der Waals surface area contributed by atoms with Crippen LogP contribution in [0.5, 0.6) is 0 Å². The second-order valence-electron chi connectivity index (χ2n) is 13.5. The van der Waals surface area contributed by atoms with Crippen molar-refractivity contribution in [1.82, 2.24) is 26.2 Å². The summed E-state index contributed by atoms with van der Waals surface area (Å²) in [5.41, 5.74) is 0. The van der Waals surface area contributed by atoms with Gasteiger partial charge in [-0.2, -0.15) is 0 Å². The highest BCUT2D eigenvalue weighted by atomic mass is 16.6. The Morgan fingerprint density at radius 1 is 0.571 bits per heavy atom. The van der Waals surface area contributed by atoms with Gasteiger partial charge in [-0.3, -0.25) is 28.8 Å². The summed E-state index contributed by atoms with van der Waals surface area (Å²) in [4.78, 5) is 87.9. The van der Waals surface area contributed by atoms with Crippen LogP contribution in [-0.2, 0) is 57.2 Å². The van der Waals surface area contributed by atoms with Crippen LogP contribution < -0.4 is 21.3 Å². The third-order valence-electron chi connectivity index (χ3n) is 8.57. The summed E-state index contributed by atoms with van der Waals surface area (Å²) in [5, 5.41) is 38.3. The number of aliphatic hydroxyl groups excluding tert-OH is 1. The van der Waals surface area contributed by atoms with E-state index < -0.39 is 83.7 Å². The van der Waals surface area contributed by atoms with Gasteiger partial charge in [0.2, 0.25) is 29.5 Å². The Hall–Kier alpha value is -3.95. The minimum atomic E-state index is -1.51. The van der Waals surface area contributed by atoms with Crippen molar-refractivity contribution in [3.8, 4) is 0 Å². The number of nitrogens with one attached hydrogen (secondary N) is 4. The van der Waals surface area contributed by atoms with E-state index in [0.29, 0.717) is 46.1 Å². The Kier molecular flexibility index (Phi) is 27.2. The molecular formula is C36H65N5O15. The molecule has 0 radical (unpaired) electrons. The molecule has 0 aliphatic carbocycles. The summed E-state index contributed by atoms with van der Waals surface area (Å²) in [6.07, 6.45) is -0.976. The summed E-state index contributed by atoms with van der Waals surface area (Å²) in [5.74, 6) is -6.37. The number of aliphatic hydroxyl groups is 1. The second kappa shape index (κ2) is 29.3. The topological polar surface area (TPSA) is 278 Å². The van der Waals surface area contributed by atoms with Crippen molar-refractivity contribution >= 4 is 41.5 Å². The Labute approximate surface area is 329 Å². The number of rotatable bonds is 32. The average molecular weight is 808 g/mol. The first-order valence-corrected chi connectivity index (χ1v) is 18.8. The fourth-order valence-corrected chi connectivity index (χ4v) is 4.66. The summed E-state index contributed by atoms with van der Waals surface area (Å²) in [6.45, 7) is 13.5. The average Bonchev–Trinajstić information content (AvgIpc) is 3.13. The highest BCUT2D eigenvalue weighted by Crippen LogP contribution is 2.10. The number of hydrogen-bond donors (Lipinski definition) is 7. The zero-order valence-electron chi connectivity index (χ0n) is 34.0. The molecule has 0 aromatic rings. The molecule has 0 aromatic heterocycles. The molecule has 0 aliphatic rings. The summed E-state index contributed by atoms with van der Waals surface area (Å²) < 4.78 is 26.7. The van der Waals surface area contributed by atoms with Crippen LogP contribution in [0, 0.1) is 11.8 Å². The van der Waals surface area contributed by atoms with Crippen LogP contribution in [0.25, 0.3) is 0 Å². The van der Waals surface area contributed by atoms with E-state index in [1.54, 1.807) is 20.8 Å². The van der Waals surface area contributed by atoms with Gasteiger partial charge in [0.1, 0.15) is 30.2 Å². The predicted octanol–water partition coefficient (Wildman–Crippen LogP) is -1.09. The van der Waals surface area contributed by atoms with Gasteiger partial charge in [-0.05, 0) is 32.6 Å². The minimum absolute atomic E-state index is 0.0411. The van der Waals surface area contributed by atoms with Gasteiger partial charge in [0.25, 0.3) is 0 Å². The molecule has 0 spiro atoms. The van der Waals surface area contributed by atoms with Gasteiger partial charge < -0.3 is 65.2 Å². The highest BCUT2D eigenvalue weighted by Gasteiger charge is 2.36. The van der Waals surface area contributed by atoms with Crippen LogP contribution in [0.1, 0.15) is 67.7 Å². The van der Waals surface area contributed by atoms with Crippen molar-refractivity contribution in [2.24, 2.45) is 11.8 Å². The van der Waals surface area contributed by atoms with Crippen molar-refractivity contribution < 1.29 is 72.6 Å². The first-order valence-electron chi connectivity index (χ1n) is 18.8. The van der Waals surface area contributed by atoms with Crippen LogP contribution in [0.3, 0.4) is 0 Å². The van der Waals surface area contributed by atoms with Crippen LogP contribution in [-0.4, -0.2) is 171 Å². The van der Waals surface area contributed by atoms with Crippen molar-refractivity contribution in [3.63, 3.8) is 0 Å². The van der Waals surface area contributed by atoms with Gasteiger partial charge in [0.15, 0.2) is 0 Å². The normalized spacial score (nSPS) is 15.0. The molecule has 0 rings (SSSR count). The number of carbonyl (C=O) groups is 7. The van der Waals surface area contributed by atoms with Crippen LogP contribution in [0.15, 0.2) is 0 Å². The molecule has 5 amide bonds. The SMILES string of the molecule is CC[C@H](C)[C@H](NC(=O)CCOCCOCCOCCOCCOCCC(=O)O)C(=O)N[C@@H](C)C(=O)N[C@H](C(=O)N(C)[C@@H](C)C(=O)N[C@H](C(=O)O)C(C)C)[C@@H](C)O. The Morgan fingerprint density at radius 3 is 1.43 bits per heavy atom. The first kappa shape index (κ1) is 52.0. The lowest BCUT2D eigenvalue weighted by molar-refractivity contribution is -0.146. The Morgan fingerprint density at radius 2 is 1.02 bits per heavy atom. The van der Waals surface area contributed by atoms with E-state index in [1.807, 2.05) is 6.92 Å². The lowest BCUT2D eigenvalue weighted by atomic mass is 9.97. The van der Waals surface area contributed by atoms with E-state index in [4.69, 9.17) is 28.8 Å². The van der Waals surface area contributed by atoms with Crippen LogP contribution in [0.4, 0.5) is 0 Å². The molecule has 0 heterocycles. The third kappa shape index (κ3) is 22.0. The molecule has 7 atom stereocenters. The Bertz CT molecular complexity index is 1220. The summed E-state index contributed by atoms with van der Waals surface area (Å²) >= 11 is 0. The van der Waals surface area contributed by atoms with Crippen molar-refractivity contribution in [1.29, 1.82) is 0 Å². The molecule has 20 heteroatoms. The van der Waals surface area contributed by atoms with E-state index in [1.165, 1.54) is 27.8 Å². The quantitative estimate of drug-likeness (QED) is 0.0398. The monoisotopic (exact) mass is 807 g/mol. The molecule has 20 nitrogen and oxygen atoms in total. The van der Waals surface area contributed by atoms with Crippen LogP contribution in [0.2, 0.25) is 0 Å². The third-order valence-corrected chi connectivity index (χ3v) is 8.57. The van der Waals surface area contributed by atoms with Crippen LogP contribution >= 0.6 is 0 Å². The molecule has 56 heavy (non-hydrogen) atoms. The number of hydrogen-bond acceptors (Lipinski definition) is 13.